The molecule has 0 unspecified atom stereocenters. The number of ether oxygens (including phenoxy) is 5. The molecule has 8 nitrogen and oxygen atoms in total. The molecule has 158 valence electrons. The number of nitrogens with zero attached hydrogens (tertiary/aromatic N) is 1. The van der Waals surface area contributed by atoms with Crippen LogP contribution in [0.2, 0.25) is 0 Å². The van der Waals surface area contributed by atoms with E-state index < -0.39 is 6.09 Å². The largest absolute Gasteiger partial charge is 0.493 e. The Morgan fingerprint density at radius 3 is 2.10 bits per heavy atom. The Kier molecular flexibility index (Phi) is 6.46. The number of benzene rings is 2. The first kappa shape index (κ1) is 21.0. The number of hydrogen-bond donors (Lipinski definition) is 1. The average molecular weight is 412 g/mol. The summed E-state index contributed by atoms with van der Waals surface area (Å²) in [6.07, 6.45) is 1.57. The predicted octanol–water partition coefficient (Wildman–Crippen LogP) is 4.04. The van der Waals surface area contributed by atoms with Crippen LogP contribution in [0.15, 0.2) is 36.5 Å². The Labute approximate surface area is 174 Å². The topological polar surface area (TPSA) is 88.1 Å². The van der Waals surface area contributed by atoms with E-state index in [1.165, 1.54) is 14.2 Å². The molecule has 3 aromatic rings. The van der Waals surface area contributed by atoms with Crippen LogP contribution in [0.1, 0.15) is 11.3 Å². The molecule has 8 heteroatoms. The van der Waals surface area contributed by atoms with E-state index in [4.69, 9.17) is 23.7 Å². The fourth-order valence-electron chi connectivity index (χ4n) is 3.23. The Hall–Kier alpha value is -3.68. The second kappa shape index (κ2) is 9.21. The number of carbonyl (C=O) groups excluding carboxylic acids is 1. The van der Waals surface area contributed by atoms with Crippen LogP contribution in [0.4, 0.5) is 10.5 Å². The van der Waals surface area contributed by atoms with E-state index in [-0.39, 0.29) is 0 Å². The van der Waals surface area contributed by atoms with E-state index in [1.807, 2.05) is 24.3 Å². The number of pyridine rings is 1. The van der Waals surface area contributed by atoms with Gasteiger partial charge in [0.2, 0.25) is 0 Å². The van der Waals surface area contributed by atoms with Crippen LogP contribution >= 0.6 is 0 Å². The number of fused-ring (bicyclic) bond motifs is 1. The van der Waals surface area contributed by atoms with Gasteiger partial charge in [0, 0.05) is 24.1 Å². The maximum Gasteiger partial charge on any atom is 0.411 e. The first-order valence-corrected chi connectivity index (χ1v) is 9.14. The molecule has 0 bridgehead atoms. The van der Waals surface area contributed by atoms with Crippen molar-refractivity contribution < 1.29 is 28.5 Å². The normalized spacial score (nSPS) is 10.4. The number of nitrogens with one attached hydrogen (secondary N) is 1. The molecule has 0 fully saturated rings. The summed E-state index contributed by atoms with van der Waals surface area (Å²) >= 11 is 0. The maximum absolute atomic E-state index is 11.9. The Bertz CT molecular complexity index is 1070. The van der Waals surface area contributed by atoms with E-state index in [0.29, 0.717) is 35.1 Å². The maximum atomic E-state index is 11.9. The third-order valence-corrected chi connectivity index (χ3v) is 4.74. The van der Waals surface area contributed by atoms with Gasteiger partial charge in [0.15, 0.2) is 23.0 Å². The molecule has 0 spiro atoms. The van der Waals surface area contributed by atoms with Crippen molar-refractivity contribution in [3.63, 3.8) is 0 Å². The van der Waals surface area contributed by atoms with Crippen molar-refractivity contribution in [2.75, 3.05) is 40.9 Å². The van der Waals surface area contributed by atoms with E-state index >= 15 is 0 Å². The lowest BCUT2D eigenvalue weighted by Gasteiger charge is -2.16. The summed E-state index contributed by atoms with van der Waals surface area (Å²) in [6.45, 7) is 0. The van der Waals surface area contributed by atoms with Crippen LogP contribution in [0.5, 0.6) is 23.0 Å². The van der Waals surface area contributed by atoms with Gasteiger partial charge in [-0.15, -0.1) is 0 Å². The molecular weight excluding hydrogens is 388 g/mol. The van der Waals surface area contributed by atoms with Crippen molar-refractivity contribution in [1.29, 1.82) is 0 Å². The fourth-order valence-corrected chi connectivity index (χ4v) is 3.23. The second-order valence-corrected chi connectivity index (χ2v) is 6.34. The summed E-state index contributed by atoms with van der Waals surface area (Å²) in [6, 6.07) is 9.21. The van der Waals surface area contributed by atoms with Gasteiger partial charge in [-0.1, -0.05) is 0 Å². The van der Waals surface area contributed by atoms with Crippen LogP contribution < -0.4 is 24.3 Å². The summed E-state index contributed by atoms with van der Waals surface area (Å²) in [7, 11) is 7.59. The molecule has 0 aliphatic rings. The molecule has 1 amide bonds. The van der Waals surface area contributed by atoms with Crippen LogP contribution in [-0.4, -0.2) is 46.6 Å². The minimum absolute atomic E-state index is 0.423. The van der Waals surface area contributed by atoms with Crippen LogP contribution in [0.25, 0.3) is 10.8 Å². The molecule has 1 N–H and O–H groups in total. The smallest absolute Gasteiger partial charge is 0.411 e. The van der Waals surface area contributed by atoms with Gasteiger partial charge in [-0.25, -0.2) is 4.79 Å². The second-order valence-electron chi connectivity index (χ2n) is 6.34. The number of amides is 1. The lowest BCUT2D eigenvalue weighted by molar-refractivity contribution is 0.187. The summed E-state index contributed by atoms with van der Waals surface area (Å²) in [5.74, 6) is 2.29. The third-order valence-electron chi connectivity index (χ3n) is 4.74. The monoisotopic (exact) mass is 412 g/mol. The molecule has 1 heterocycles. The Balaban J connectivity index is 2.12. The van der Waals surface area contributed by atoms with Crippen molar-refractivity contribution in [3.05, 3.63) is 47.8 Å². The van der Waals surface area contributed by atoms with Crippen molar-refractivity contribution >= 4 is 22.6 Å². The number of carbonyl (C=O) groups is 1. The number of hydrogen-bond acceptors (Lipinski definition) is 7. The molecule has 30 heavy (non-hydrogen) atoms. The summed E-state index contributed by atoms with van der Waals surface area (Å²) in [5.41, 5.74) is 2.13. The molecule has 0 saturated carbocycles. The van der Waals surface area contributed by atoms with Crippen LogP contribution in [0.3, 0.4) is 0 Å². The number of rotatable bonds is 7. The van der Waals surface area contributed by atoms with Gasteiger partial charge in [-0.3, -0.25) is 10.3 Å². The van der Waals surface area contributed by atoms with E-state index in [0.717, 1.165) is 22.0 Å². The van der Waals surface area contributed by atoms with Crippen LogP contribution in [0, 0.1) is 0 Å². The summed E-state index contributed by atoms with van der Waals surface area (Å²) < 4.78 is 26.4. The predicted molar refractivity (Wildman–Crippen MR) is 113 cm³/mol. The molecular formula is C22H24N2O6. The third kappa shape index (κ3) is 4.17. The quantitative estimate of drug-likeness (QED) is 0.627. The standard InChI is InChI=1S/C22H24N2O6/c1-26-18-9-13-6-7-23-17(15(13)11-20(18)28-3)8-14-10-19(27-2)21(29-4)12-16(14)24-22(25)30-5/h6-7,9-12H,8H2,1-5H3,(H,24,25). The van der Waals surface area contributed by atoms with Crippen molar-refractivity contribution in [3.8, 4) is 23.0 Å². The first-order valence-electron chi connectivity index (χ1n) is 9.14. The molecule has 1 aromatic heterocycles. The van der Waals surface area contributed by atoms with Crippen molar-refractivity contribution in [2.24, 2.45) is 0 Å². The highest BCUT2D eigenvalue weighted by Crippen LogP contribution is 2.37. The van der Waals surface area contributed by atoms with Crippen molar-refractivity contribution in [1.82, 2.24) is 4.98 Å². The van der Waals surface area contributed by atoms with Crippen LogP contribution in [-0.2, 0) is 11.2 Å². The average Bonchev–Trinajstić information content (AvgIpc) is 2.78. The van der Waals surface area contributed by atoms with E-state index in [1.54, 1.807) is 33.6 Å². The number of methoxy groups -OCH3 is 5. The number of aromatic nitrogens is 1. The van der Waals surface area contributed by atoms with Crippen molar-refractivity contribution in [2.45, 2.75) is 6.42 Å². The highest BCUT2D eigenvalue weighted by molar-refractivity contribution is 5.89. The van der Waals surface area contributed by atoms with Gasteiger partial charge in [0.25, 0.3) is 0 Å². The van der Waals surface area contributed by atoms with Gasteiger partial charge in [-0.05, 0) is 35.2 Å². The molecule has 0 aliphatic carbocycles. The Morgan fingerprint density at radius 2 is 1.47 bits per heavy atom. The zero-order chi connectivity index (χ0) is 21.7. The highest BCUT2D eigenvalue weighted by atomic mass is 16.5. The van der Waals surface area contributed by atoms with E-state index in [9.17, 15) is 4.79 Å². The van der Waals surface area contributed by atoms with Gasteiger partial charge in [-0.2, -0.15) is 0 Å². The molecule has 0 atom stereocenters. The summed E-state index contributed by atoms with van der Waals surface area (Å²) in [5, 5.41) is 4.60. The first-order chi connectivity index (χ1) is 14.5. The van der Waals surface area contributed by atoms with Gasteiger partial charge >= 0.3 is 6.09 Å². The van der Waals surface area contributed by atoms with Gasteiger partial charge in [0.1, 0.15) is 0 Å². The molecule has 0 saturated heterocycles. The minimum Gasteiger partial charge on any atom is -0.493 e. The molecule has 0 aliphatic heterocycles. The molecule has 3 rings (SSSR count). The minimum atomic E-state index is -0.583. The van der Waals surface area contributed by atoms with Gasteiger partial charge in [0.05, 0.1) is 46.9 Å². The highest BCUT2D eigenvalue weighted by Gasteiger charge is 2.17. The van der Waals surface area contributed by atoms with Gasteiger partial charge < -0.3 is 23.7 Å². The fraction of sp³-hybridized carbons (Fsp3) is 0.273. The van der Waals surface area contributed by atoms with E-state index in [2.05, 4.69) is 10.3 Å². The SMILES string of the molecule is COC(=O)Nc1cc(OC)c(OC)cc1Cc1nccc2cc(OC)c(OC)cc12. The lowest BCUT2D eigenvalue weighted by atomic mass is 10.0. The molecule has 0 radical (unpaired) electrons. The summed E-state index contributed by atoms with van der Waals surface area (Å²) in [4.78, 5) is 16.4. The zero-order valence-electron chi connectivity index (χ0n) is 17.6. The number of anilines is 1. The lowest BCUT2D eigenvalue weighted by Crippen LogP contribution is -2.13. The Morgan fingerprint density at radius 1 is 0.867 bits per heavy atom. The zero-order valence-corrected chi connectivity index (χ0v) is 17.6. The molecule has 2 aromatic carbocycles.